The van der Waals surface area contributed by atoms with Gasteiger partial charge in [-0.1, -0.05) is 12.1 Å². The Morgan fingerprint density at radius 2 is 2.28 bits per heavy atom. The van der Waals surface area contributed by atoms with Crippen LogP contribution >= 0.6 is 0 Å². The molecule has 1 unspecified atom stereocenters. The molecule has 0 aliphatic carbocycles. The molecule has 0 bridgehead atoms. The predicted octanol–water partition coefficient (Wildman–Crippen LogP) is 2.29. The van der Waals surface area contributed by atoms with Gasteiger partial charge in [0.05, 0.1) is 11.8 Å². The molecule has 0 spiro atoms. The number of hydrogen-bond acceptors (Lipinski definition) is 3. The summed E-state index contributed by atoms with van der Waals surface area (Å²) in [5.41, 5.74) is 7.11. The first-order valence-electron chi connectivity index (χ1n) is 6.52. The van der Waals surface area contributed by atoms with Crippen LogP contribution in [-0.2, 0) is 11.3 Å². The zero-order valence-electron chi connectivity index (χ0n) is 10.9. The highest BCUT2D eigenvalue weighted by Gasteiger charge is 2.19. The SMILES string of the molecule is CN(CC1CCCCO1)c1c(F)cccc1CN. The van der Waals surface area contributed by atoms with Gasteiger partial charge in [-0.05, 0) is 30.9 Å². The normalized spacial score (nSPS) is 19.8. The summed E-state index contributed by atoms with van der Waals surface area (Å²) in [5.74, 6) is -0.212. The Labute approximate surface area is 108 Å². The lowest BCUT2D eigenvalue weighted by molar-refractivity contribution is 0.0215. The molecule has 1 aromatic carbocycles. The first-order valence-corrected chi connectivity index (χ1v) is 6.52. The lowest BCUT2D eigenvalue weighted by atomic mass is 10.1. The lowest BCUT2D eigenvalue weighted by Crippen LogP contribution is -2.34. The van der Waals surface area contributed by atoms with Gasteiger partial charge in [-0.2, -0.15) is 0 Å². The van der Waals surface area contributed by atoms with Crippen molar-refractivity contribution in [2.75, 3.05) is 25.1 Å². The van der Waals surface area contributed by atoms with E-state index < -0.39 is 0 Å². The van der Waals surface area contributed by atoms with Gasteiger partial charge in [0.15, 0.2) is 0 Å². The second-order valence-corrected chi connectivity index (χ2v) is 4.82. The molecule has 1 saturated heterocycles. The van der Waals surface area contributed by atoms with Gasteiger partial charge in [0.2, 0.25) is 0 Å². The fraction of sp³-hybridized carbons (Fsp3) is 0.571. The Morgan fingerprint density at radius 3 is 2.94 bits per heavy atom. The maximum Gasteiger partial charge on any atom is 0.146 e. The van der Waals surface area contributed by atoms with Crippen LogP contribution < -0.4 is 10.6 Å². The molecule has 0 radical (unpaired) electrons. The van der Waals surface area contributed by atoms with Crippen molar-refractivity contribution < 1.29 is 9.13 Å². The summed E-state index contributed by atoms with van der Waals surface area (Å²) in [6.07, 6.45) is 3.58. The van der Waals surface area contributed by atoms with Gasteiger partial charge in [0.25, 0.3) is 0 Å². The largest absolute Gasteiger partial charge is 0.376 e. The van der Waals surface area contributed by atoms with Crippen LogP contribution in [0.1, 0.15) is 24.8 Å². The van der Waals surface area contributed by atoms with Gasteiger partial charge in [-0.25, -0.2) is 4.39 Å². The molecule has 4 heteroatoms. The van der Waals surface area contributed by atoms with E-state index in [0.717, 1.165) is 25.0 Å². The molecular weight excluding hydrogens is 231 g/mol. The van der Waals surface area contributed by atoms with Gasteiger partial charge in [0, 0.05) is 26.7 Å². The number of rotatable bonds is 4. The number of halogens is 1. The Bertz CT molecular complexity index is 391. The summed E-state index contributed by atoms with van der Waals surface area (Å²) < 4.78 is 19.6. The second kappa shape index (κ2) is 6.16. The van der Waals surface area contributed by atoms with E-state index in [4.69, 9.17) is 10.5 Å². The summed E-state index contributed by atoms with van der Waals surface area (Å²) in [6.45, 7) is 1.89. The third-order valence-corrected chi connectivity index (χ3v) is 3.42. The summed E-state index contributed by atoms with van der Waals surface area (Å²) in [6, 6.07) is 5.05. The molecule has 0 amide bonds. The summed E-state index contributed by atoms with van der Waals surface area (Å²) in [5, 5.41) is 0. The minimum absolute atomic E-state index is 0.203. The maximum absolute atomic E-state index is 13.9. The molecule has 2 rings (SSSR count). The molecule has 0 saturated carbocycles. The lowest BCUT2D eigenvalue weighted by Gasteiger charge is -2.30. The highest BCUT2D eigenvalue weighted by atomic mass is 19.1. The quantitative estimate of drug-likeness (QED) is 0.893. The van der Waals surface area contributed by atoms with Crippen LogP contribution in [0.5, 0.6) is 0 Å². The van der Waals surface area contributed by atoms with Gasteiger partial charge >= 0.3 is 0 Å². The number of hydrogen-bond donors (Lipinski definition) is 1. The van der Waals surface area contributed by atoms with Crippen molar-refractivity contribution in [2.24, 2.45) is 5.73 Å². The molecule has 1 aromatic rings. The molecule has 3 nitrogen and oxygen atoms in total. The first kappa shape index (κ1) is 13.3. The van der Waals surface area contributed by atoms with Crippen molar-refractivity contribution in [1.29, 1.82) is 0 Å². The van der Waals surface area contributed by atoms with E-state index in [0.29, 0.717) is 18.8 Å². The Morgan fingerprint density at radius 1 is 1.44 bits per heavy atom. The highest BCUT2D eigenvalue weighted by Crippen LogP contribution is 2.24. The fourth-order valence-corrected chi connectivity index (χ4v) is 2.50. The molecule has 1 atom stereocenters. The average molecular weight is 252 g/mol. The number of nitrogens with two attached hydrogens (primary N) is 1. The molecule has 1 fully saturated rings. The van der Waals surface area contributed by atoms with Crippen LogP contribution in [0.25, 0.3) is 0 Å². The van der Waals surface area contributed by atoms with Crippen LogP contribution in [0.15, 0.2) is 18.2 Å². The van der Waals surface area contributed by atoms with E-state index in [2.05, 4.69) is 0 Å². The van der Waals surface area contributed by atoms with Crippen LogP contribution in [0.4, 0.5) is 10.1 Å². The van der Waals surface area contributed by atoms with Crippen molar-refractivity contribution >= 4 is 5.69 Å². The zero-order valence-corrected chi connectivity index (χ0v) is 10.9. The maximum atomic E-state index is 13.9. The first-order chi connectivity index (χ1) is 8.72. The third-order valence-electron chi connectivity index (χ3n) is 3.42. The second-order valence-electron chi connectivity index (χ2n) is 4.82. The number of ether oxygens (including phenoxy) is 1. The van der Waals surface area contributed by atoms with E-state index in [9.17, 15) is 4.39 Å². The van der Waals surface area contributed by atoms with Crippen LogP contribution in [-0.4, -0.2) is 26.3 Å². The minimum Gasteiger partial charge on any atom is -0.376 e. The smallest absolute Gasteiger partial charge is 0.146 e. The standard InChI is InChI=1S/C14H21FN2O/c1-17(10-12-6-2-3-8-18-12)14-11(9-16)5-4-7-13(14)15/h4-5,7,12H,2-3,6,8-10,16H2,1H3. The summed E-state index contributed by atoms with van der Waals surface area (Å²) in [7, 11) is 1.90. The number of nitrogens with zero attached hydrogens (tertiary/aromatic N) is 1. The van der Waals surface area contributed by atoms with E-state index in [1.165, 1.54) is 12.5 Å². The monoisotopic (exact) mass is 252 g/mol. The van der Waals surface area contributed by atoms with Crippen molar-refractivity contribution in [3.8, 4) is 0 Å². The van der Waals surface area contributed by atoms with Crippen molar-refractivity contribution in [2.45, 2.75) is 31.9 Å². The third kappa shape index (κ3) is 3.00. The number of likely N-dealkylation sites (N-methyl/N-ethyl adjacent to an activating group) is 1. The van der Waals surface area contributed by atoms with Crippen molar-refractivity contribution in [3.63, 3.8) is 0 Å². The van der Waals surface area contributed by atoms with E-state index in [1.807, 2.05) is 18.0 Å². The minimum atomic E-state index is -0.212. The Balaban J connectivity index is 2.09. The number of anilines is 1. The van der Waals surface area contributed by atoms with E-state index in [1.54, 1.807) is 6.07 Å². The highest BCUT2D eigenvalue weighted by molar-refractivity contribution is 5.54. The topological polar surface area (TPSA) is 38.5 Å². The number of para-hydroxylation sites is 1. The average Bonchev–Trinajstić information content (AvgIpc) is 2.39. The fourth-order valence-electron chi connectivity index (χ4n) is 2.50. The molecule has 0 aromatic heterocycles. The van der Waals surface area contributed by atoms with Crippen molar-refractivity contribution in [1.82, 2.24) is 0 Å². The Hall–Kier alpha value is -1.13. The van der Waals surface area contributed by atoms with E-state index in [-0.39, 0.29) is 11.9 Å². The van der Waals surface area contributed by atoms with Gasteiger partial charge in [0.1, 0.15) is 5.82 Å². The zero-order chi connectivity index (χ0) is 13.0. The van der Waals surface area contributed by atoms with Gasteiger partial charge < -0.3 is 15.4 Å². The van der Waals surface area contributed by atoms with Crippen LogP contribution in [0.2, 0.25) is 0 Å². The van der Waals surface area contributed by atoms with E-state index >= 15 is 0 Å². The molecule has 2 N–H and O–H groups in total. The van der Waals surface area contributed by atoms with Gasteiger partial charge in [-0.3, -0.25) is 0 Å². The predicted molar refractivity (Wildman–Crippen MR) is 71.2 cm³/mol. The molecular formula is C14H21FN2O. The summed E-state index contributed by atoms with van der Waals surface area (Å²) >= 11 is 0. The molecule has 1 aliphatic rings. The van der Waals surface area contributed by atoms with Crippen LogP contribution in [0.3, 0.4) is 0 Å². The Kier molecular flexibility index (Phi) is 4.55. The number of benzene rings is 1. The molecule has 1 aliphatic heterocycles. The van der Waals surface area contributed by atoms with Crippen molar-refractivity contribution in [3.05, 3.63) is 29.6 Å². The van der Waals surface area contributed by atoms with Crippen LogP contribution in [0, 0.1) is 5.82 Å². The summed E-state index contributed by atoms with van der Waals surface area (Å²) in [4.78, 5) is 1.92. The van der Waals surface area contributed by atoms with Gasteiger partial charge in [-0.15, -0.1) is 0 Å². The molecule has 100 valence electrons. The molecule has 1 heterocycles. The molecule has 18 heavy (non-hydrogen) atoms.